The molecule has 1 aromatic carbocycles. The molecule has 0 radical (unpaired) electrons. The lowest BCUT2D eigenvalue weighted by Gasteiger charge is -2.12. The summed E-state index contributed by atoms with van der Waals surface area (Å²) in [4.78, 5) is 0.132. The highest BCUT2D eigenvalue weighted by molar-refractivity contribution is 9.09. The standard InChI is InChI=1S/C11H15BrClNO2S/c1-9(6-7-12)8-14-17(15,16)11-5-3-2-4-10(11)13/h2-5,9,14H,6-8H2,1H3. The van der Waals surface area contributed by atoms with Gasteiger partial charge in [-0.3, -0.25) is 0 Å². The fraction of sp³-hybridized carbons (Fsp3) is 0.455. The lowest BCUT2D eigenvalue weighted by atomic mass is 10.1. The molecule has 1 rings (SSSR count). The molecule has 96 valence electrons. The van der Waals surface area contributed by atoms with Crippen molar-refractivity contribution in [2.24, 2.45) is 5.92 Å². The molecule has 0 aliphatic heterocycles. The van der Waals surface area contributed by atoms with Gasteiger partial charge in [-0.1, -0.05) is 46.6 Å². The summed E-state index contributed by atoms with van der Waals surface area (Å²) in [6.45, 7) is 2.41. The third-order valence-electron chi connectivity index (χ3n) is 2.35. The predicted octanol–water partition coefficient (Wildman–Crippen LogP) is 3.04. The molecule has 1 aromatic rings. The van der Waals surface area contributed by atoms with Crippen molar-refractivity contribution in [2.75, 3.05) is 11.9 Å². The molecule has 0 bridgehead atoms. The zero-order chi connectivity index (χ0) is 12.9. The van der Waals surface area contributed by atoms with Crippen molar-refractivity contribution in [1.29, 1.82) is 0 Å². The summed E-state index contributed by atoms with van der Waals surface area (Å²) in [6, 6.07) is 6.43. The number of nitrogens with one attached hydrogen (secondary N) is 1. The molecule has 1 atom stereocenters. The van der Waals surface area contributed by atoms with Crippen LogP contribution in [-0.4, -0.2) is 20.3 Å². The molecule has 6 heteroatoms. The average molecular weight is 341 g/mol. The minimum atomic E-state index is -3.50. The highest BCUT2D eigenvalue weighted by Gasteiger charge is 2.17. The van der Waals surface area contributed by atoms with E-state index >= 15 is 0 Å². The van der Waals surface area contributed by atoms with Gasteiger partial charge in [0.05, 0.1) is 5.02 Å². The molecular formula is C11H15BrClNO2S. The van der Waals surface area contributed by atoms with E-state index in [0.29, 0.717) is 6.54 Å². The second-order valence-corrected chi connectivity index (χ2v) is 6.80. The maximum absolute atomic E-state index is 12.0. The van der Waals surface area contributed by atoms with Crippen molar-refractivity contribution < 1.29 is 8.42 Å². The number of rotatable bonds is 6. The average Bonchev–Trinajstić information content (AvgIpc) is 2.27. The van der Waals surface area contributed by atoms with Gasteiger partial charge in [-0.2, -0.15) is 0 Å². The SMILES string of the molecule is CC(CCBr)CNS(=O)(=O)c1ccccc1Cl. The van der Waals surface area contributed by atoms with Crippen molar-refractivity contribution in [3.05, 3.63) is 29.3 Å². The van der Waals surface area contributed by atoms with Gasteiger partial charge in [0.2, 0.25) is 10.0 Å². The van der Waals surface area contributed by atoms with Crippen LogP contribution >= 0.6 is 27.5 Å². The van der Waals surface area contributed by atoms with E-state index < -0.39 is 10.0 Å². The van der Waals surface area contributed by atoms with Gasteiger partial charge in [0.1, 0.15) is 4.90 Å². The molecule has 0 heterocycles. The monoisotopic (exact) mass is 339 g/mol. The summed E-state index contributed by atoms with van der Waals surface area (Å²) in [5.74, 6) is 0.284. The fourth-order valence-electron chi connectivity index (χ4n) is 1.28. The van der Waals surface area contributed by atoms with E-state index in [9.17, 15) is 8.42 Å². The Morgan fingerprint density at radius 2 is 2.06 bits per heavy atom. The van der Waals surface area contributed by atoms with Gasteiger partial charge in [-0.25, -0.2) is 13.1 Å². The van der Waals surface area contributed by atoms with Crippen molar-refractivity contribution in [2.45, 2.75) is 18.2 Å². The highest BCUT2D eigenvalue weighted by Crippen LogP contribution is 2.20. The van der Waals surface area contributed by atoms with Crippen LogP contribution in [0.4, 0.5) is 0 Å². The third-order valence-corrected chi connectivity index (χ3v) is 4.73. The summed E-state index contributed by atoms with van der Waals surface area (Å²) in [5.41, 5.74) is 0. The minimum Gasteiger partial charge on any atom is -0.211 e. The van der Waals surface area contributed by atoms with Gasteiger partial charge in [-0.15, -0.1) is 0 Å². The van der Waals surface area contributed by atoms with E-state index in [1.54, 1.807) is 18.2 Å². The molecular weight excluding hydrogens is 326 g/mol. The molecule has 1 unspecified atom stereocenters. The van der Waals surface area contributed by atoms with Crippen LogP contribution in [0.3, 0.4) is 0 Å². The van der Waals surface area contributed by atoms with Gasteiger partial charge < -0.3 is 0 Å². The number of benzene rings is 1. The van der Waals surface area contributed by atoms with E-state index in [1.807, 2.05) is 6.92 Å². The normalized spacial score (nSPS) is 13.6. The maximum atomic E-state index is 12.0. The van der Waals surface area contributed by atoms with Crippen molar-refractivity contribution in [3.63, 3.8) is 0 Å². The van der Waals surface area contributed by atoms with Gasteiger partial charge in [0, 0.05) is 11.9 Å². The summed E-state index contributed by atoms with van der Waals surface area (Å²) in [6.07, 6.45) is 0.922. The summed E-state index contributed by atoms with van der Waals surface area (Å²) < 4.78 is 26.5. The number of halogens is 2. The first-order chi connectivity index (χ1) is 7.97. The van der Waals surface area contributed by atoms with Crippen LogP contribution in [0.5, 0.6) is 0 Å². The van der Waals surface area contributed by atoms with E-state index in [4.69, 9.17) is 11.6 Å². The molecule has 0 spiro atoms. The molecule has 0 aliphatic carbocycles. The second-order valence-electron chi connectivity index (χ2n) is 3.87. The van der Waals surface area contributed by atoms with Crippen LogP contribution < -0.4 is 4.72 Å². The zero-order valence-corrected chi connectivity index (χ0v) is 12.6. The Balaban J connectivity index is 2.73. The van der Waals surface area contributed by atoms with Crippen LogP contribution in [0.15, 0.2) is 29.2 Å². The summed E-state index contributed by atoms with van der Waals surface area (Å²) in [5, 5.41) is 1.11. The molecule has 1 N–H and O–H groups in total. The van der Waals surface area contributed by atoms with Crippen LogP contribution in [0.1, 0.15) is 13.3 Å². The molecule has 0 fully saturated rings. The molecule has 0 saturated carbocycles. The molecule has 0 saturated heterocycles. The molecule has 0 aliphatic rings. The number of alkyl halides is 1. The Labute approximate surface area is 116 Å². The topological polar surface area (TPSA) is 46.2 Å². The second kappa shape index (κ2) is 6.73. The Kier molecular flexibility index (Phi) is 5.92. The van der Waals surface area contributed by atoms with Crippen molar-refractivity contribution in [3.8, 4) is 0 Å². The number of hydrogen-bond acceptors (Lipinski definition) is 2. The van der Waals surface area contributed by atoms with Crippen molar-refractivity contribution >= 4 is 37.6 Å². The molecule has 17 heavy (non-hydrogen) atoms. The van der Waals surface area contributed by atoms with Crippen molar-refractivity contribution in [1.82, 2.24) is 4.72 Å². The van der Waals surface area contributed by atoms with Gasteiger partial charge in [0.15, 0.2) is 0 Å². The molecule has 3 nitrogen and oxygen atoms in total. The summed E-state index contributed by atoms with van der Waals surface area (Å²) >= 11 is 9.19. The minimum absolute atomic E-state index is 0.132. The maximum Gasteiger partial charge on any atom is 0.242 e. The van der Waals surface area contributed by atoms with Gasteiger partial charge >= 0.3 is 0 Å². The fourth-order valence-corrected chi connectivity index (χ4v) is 3.74. The smallest absolute Gasteiger partial charge is 0.211 e. The lowest BCUT2D eigenvalue weighted by molar-refractivity contribution is 0.532. The zero-order valence-electron chi connectivity index (χ0n) is 9.49. The number of sulfonamides is 1. The Hall–Kier alpha value is -0.100. The number of hydrogen-bond donors (Lipinski definition) is 1. The lowest BCUT2D eigenvalue weighted by Crippen LogP contribution is -2.28. The Bertz CT molecular complexity index is 464. The summed E-state index contributed by atoms with van der Waals surface area (Å²) in [7, 11) is -3.50. The van der Waals surface area contributed by atoms with E-state index in [-0.39, 0.29) is 15.8 Å². The van der Waals surface area contributed by atoms with E-state index in [2.05, 4.69) is 20.7 Å². The van der Waals surface area contributed by atoms with E-state index in [1.165, 1.54) is 6.07 Å². The first kappa shape index (κ1) is 15.0. The Morgan fingerprint density at radius 3 is 2.65 bits per heavy atom. The quantitative estimate of drug-likeness (QED) is 0.809. The van der Waals surface area contributed by atoms with Gasteiger partial charge in [-0.05, 0) is 24.5 Å². The van der Waals surface area contributed by atoms with Crippen LogP contribution in [0.25, 0.3) is 0 Å². The molecule has 0 amide bonds. The van der Waals surface area contributed by atoms with Crippen LogP contribution in [0, 0.1) is 5.92 Å². The van der Waals surface area contributed by atoms with Gasteiger partial charge in [0.25, 0.3) is 0 Å². The largest absolute Gasteiger partial charge is 0.242 e. The van der Waals surface area contributed by atoms with Crippen LogP contribution in [-0.2, 0) is 10.0 Å². The Morgan fingerprint density at radius 1 is 1.41 bits per heavy atom. The molecule has 0 aromatic heterocycles. The third kappa shape index (κ3) is 4.58. The first-order valence-electron chi connectivity index (χ1n) is 5.27. The van der Waals surface area contributed by atoms with E-state index in [0.717, 1.165) is 11.8 Å². The van der Waals surface area contributed by atoms with Crippen LogP contribution in [0.2, 0.25) is 5.02 Å². The predicted molar refractivity (Wildman–Crippen MR) is 74.2 cm³/mol. The highest BCUT2D eigenvalue weighted by atomic mass is 79.9. The first-order valence-corrected chi connectivity index (χ1v) is 8.26.